The summed E-state index contributed by atoms with van der Waals surface area (Å²) in [5.41, 5.74) is 7.24. The van der Waals surface area contributed by atoms with E-state index in [0.717, 1.165) is 43.5 Å². The maximum atomic E-state index is 13.1. The monoisotopic (exact) mass is 413 g/mol. The minimum absolute atomic E-state index is 0.0287. The van der Waals surface area contributed by atoms with Crippen LogP contribution in [0.5, 0.6) is 5.75 Å². The molecule has 29 heavy (non-hydrogen) atoms. The van der Waals surface area contributed by atoms with Gasteiger partial charge in [0.25, 0.3) is 0 Å². The number of ketones is 1. The molecule has 4 rings (SSSR count). The van der Waals surface area contributed by atoms with Gasteiger partial charge in [-0.2, -0.15) is 0 Å². The van der Waals surface area contributed by atoms with Crippen LogP contribution in [0.1, 0.15) is 72.0 Å². The molecule has 2 heterocycles. The number of nitrogens with zero attached hydrogens (tertiary/aromatic N) is 2. The van der Waals surface area contributed by atoms with Crippen LogP contribution in [0.4, 0.5) is 0 Å². The number of rotatable bonds is 5. The summed E-state index contributed by atoms with van der Waals surface area (Å²) in [6.45, 7) is 0.699. The quantitative estimate of drug-likeness (QED) is 0.730. The van der Waals surface area contributed by atoms with E-state index in [1.54, 1.807) is 17.5 Å². The van der Waals surface area contributed by atoms with Gasteiger partial charge in [-0.3, -0.25) is 9.59 Å². The van der Waals surface area contributed by atoms with E-state index in [9.17, 15) is 14.7 Å². The number of hydrogen-bond acceptors (Lipinski definition) is 6. The number of phenols is 1. The summed E-state index contributed by atoms with van der Waals surface area (Å²) >= 11 is 1.43. The molecule has 1 amide bonds. The molecule has 0 spiro atoms. The van der Waals surface area contributed by atoms with E-state index in [1.165, 1.54) is 29.9 Å². The lowest BCUT2D eigenvalue weighted by molar-refractivity contribution is -0.135. The number of carbonyl (C=O) groups excluding carboxylic acids is 2. The molecule has 1 aromatic carbocycles. The van der Waals surface area contributed by atoms with Crippen molar-refractivity contribution in [2.75, 3.05) is 6.54 Å². The average molecular weight is 414 g/mol. The molecule has 154 valence electrons. The van der Waals surface area contributed by atoms with Gasteiger partial charge in [-0.05, 0) is 55.9 Å². The Bertz CT molecular complexity index is 874. The fourth-order valence-electron chi connectivity index (χ4n) is 4.48. The molecule has 1 aliphatic heterocycles. The molecule has 2 fully saturated rings. The first-order valence-electron chi connectivity index (χ1n) is 10.4. The van der Waals surface area contributed by atoms with Crippen molar-refractivity contribution in [3.63, 3.8) is 0 Å². The second kappa shape index (κ2) is 8.63. The van der Waals surface area contributed by atoms with Crippen molar-refractivity contribution >= 4 is 23.0 Å². The summed E-state index contributed by atoms with van der Waals surface area (Å²) in [4.78, 5) is 32.2. The smallest absolute Gasteiger partial charge is 0.240 e. The molecule has 6 nitrogen and oxygen atoms in total. The number of aromatic nitrogens is 1. The molecule has 0 unspecified atom stereocenters. The number of benzene rings is 1. The lowest BCUT2D eigenvalue weighted by atomic mass is 9.83. The normalized spacial score (nSPS) is 21.3. The number of aromatic hydroxyl groups is 1. The highest BCUT2D eigenvalue weighted by Crippen LogP contribution is 2.36. The highest BCUT2D eigenvalue weighted by atomic mass is 32.1. The van der Waals surface area contributed by atoms with Gasteiger partial charge in [-0.1, -0.05) is 19.3 Å². The first-order valence-corrected chi connectivity index (χ1v) is 11.3. The van der Waals surface area contributed by atoms with Crippen molar-refractivity contribution in [1.29, 1.82) is 0 Å². The van der Waals surface area contributed by atoms with E-state index in [1.807, 2.05) is 4.90 Å². The minimum Gasteiger partial charge on any atom is -0.508 e. The molecule has 7 heteroatoms. The molecule has 2 aliphatic rings. The Kier molecular flexibility index (Phi) is 5.96. The van der Waals surface area contributed by atoms with Crippen LogP contribution < -0.4 is 5.73 Å². The topological polar surface area (TPSA) is 96.5 Å². The van der Waals surface area contributed by atoms with Crippen LogP contribution in [0.15, 0.2) is 29.6 Å². The molecule has 3 N–H and O–H groups in total. The summed E-state index contributed by atoms with van der Waals surface area (Å²) in [6, 6.07) is 5.63. The third kappa shape index (κ3) is 4.21. The Morgan fingerprint density at radius 1 is 1.10 bits per heavy atom. The predicted molar refractivity (Wildman–Crippen MR) is 112 cm³/mol. The zero-order valence-electron chi connectivity index (χ0n) is 16.4. The van der Waals surface area contributed by atoms with Crippen LogP contribution in [0.3, 0.4) is 0 Å². The molecule has 1 aliphatic carbocycles. The van der Waals surface area contributed by atoms with Crippen molar-refractivity contribution in [1.82, 2.24) is 9.88 Å². The molecule has 1 aromatic heterocycles. The fraction of sp³-hybridized carbons (Fsp3) is 0.500. The lowest BCUT2D eigenvalue weighted by Crippen LogP contribution is -2.48. The molecule has 0 radical (unpaired) electrons. The number of phenolic OH excluding ortho intramolecular Hbond substituents is 1. The summed E-state index contributed by atoms with van der Waals surface area (Å²) in [5, 5.41) is 12.0. The van der Waals surface area contributed by atoms with Crippen LogP contribution in [-0.2, 0) is 4.79 Å². The van der Waals surface area contributed by atoms with Crippen molar-refractivity contribution < 1.29 is 14.7 Å². The number of nitrogens with two attached hydrogens (primary N) is 1. The molecule has 1 saturated carbocycles. The average Bonchev–Trinajstić information content (AvgIpc) is 3.43. The van der Waals surface area contributed by atoms with Crippen LogP contribution in [-0.4, -0.2) is 39.3 Å². The zero-order valence-corrected chi connectivity index (χ0v) is 17.2. The van der Waals surface area contributed by atoms with E-state index >= 15 is 0 Å². The molecule has 1 saturated heterocycles. The third-order valence-corrected chi connectivity index (χ3v) is 7.09. The Hall–Kier alpha value is -2.25. The van der Waals surface area contributed by atoms with Gasteiger partial charge < -0.3 is 15.7 Å². The predicted octanol–water partition coefficient (Wildman–Crippen LogP) is 3.65. The van der Waals surface area contributed by atoms with Gasteiger partial charge in [0.1, 0.15) is 16.5 Å². The van der Waals surface area contributed by atoms with Crippen LogP contribution >= 0.6 is 11.3 Å². The largest absolute Gasteiger partial charge is 0.508 e. The Morgan fingerprint density at radius 3 is 2.55 bits per heavy atom. The SMILES string of the molecule is N[C@H](C(=O)N1CCC[C@H]1c1nc(C(=O)c2ccc(O)cc2)cs1)C1CCCCC1. The van der Waals surface area contributed by atoms with Crippen molar-refractivity contribution in [3.05, 3.63) is 45.9 Å². The van der Waals surface area contributed by atoms with Gasteiger partial charge in [0.15, 0.2) is 0 Å². The van der Waals surface area contributed by atoms with Crippen LogP contribution in [0.2, 0.25) is 0 Å². The molecule has 2 aromatic rings. The molecular formula is C22H27N3O3S. The van der Waals surface area contributed by atoms with Crippen LogP contribution in [0, 0.1) is 5.92 Å². The molecule has 2 atom stereocenters. The number of carbonyl (C=O) groups is 2. The highest BCUT2D eigenvalue weighted by Gasteiger charge is 2.37. The summed E-state index contributed by atoms with van der Waals surface area (Å²) in [6.07, 6.45) is 7.40. The minimum atomic E-state index is -0.436. The molecule has 0 bridgehead atoms. The van der Waals surface area contributed by atoms with Gasteiger partial charge in [0.2, 0.25) is 11.7 Å². The summed E-state index contributed by atoms with van der Waals surface area (Å²) < 4.78 is 0. The van der Waals surface area contributed by atoms with E-state index in [4.69, 9.17) is 5.73 Å². The van der Waals surface area contributed by atoms with E-state index in [0.29, 0.717) is 17.8 Å². The van der Waals surface area contributed by atoms with Crippen molar-refractivity contribution in [3.8, 4) is 5.75 Å². The maximum Gasteiger partial charge on any atom is 0.240 e. The Balaban J connectivity index is 1.48. The number of thiazole rings is 1. The standard InChI is InChI=1S/C22H27N3O3S/c23-19(14-5-2-1-3-6-14)22(28)25-12-4-7-18(25)21-24-17(13-29-21)20(27)15-8-10-16(26)11-9-15/h8-11,13-14,18-19,26H,1-7,12,23H2/t18-,19-/m0/s1. The van der Waals surface area contributed by atoms with E-state index < -0.39 is 6.04 Å². The zero-order chi connectivity index (χ0) is 20.4. The van der Waals surface area contributed by atoms with Gasteiger partial charge in [-0.15, -0.1) is 11.3 Å². The second-order valence-corrected chi connectivity index (χ2v) is 8.95. The number of likely N-dealkylation sites (tertiary alicyclic amines) is 1. The van der Waals surface area contributed by atoms with Gasteiger partial charge >= 0.3 is 0 Å². The summed E-state index contributed by atoms with van der Waals surface area (Å²) in [7, 11) is 0. The lowest BCUT2D eigenvalue weighted by Gasteiger charge is -2.32. The van der Waals surface area contributed by atoms with Crippen molar-refractivity contribution in [2.24, 2.45) is 11.7 Å². The number of hydrogen-bond donors (Lipinski definition) is 2. The van der Waals surface area contributed by atoms with Gasteiger partial charge in [0.05, 0.1) is 12.1 Å². The van der Waals surface area contributed by atoms with Crippen molar-refractivity contribution in [2.45, 2.75) is 57.0 Å². The first-order chi connectivity index (χ1) is 14.0. The van der Waals surface area contributed by atoms with E-state index in [-0.39, 0.29) is 29.4 Å². The van der Waals surface area contributed by atoms with Crippen LogP contribution in [0.25, 0.3) is 0 Å². The molecular weight excluding hydrogens is 386 g/mol. The number of amides is 1. The Morgan fingerprint density at radius 2 is 1.83 bits per heavy atom. The second-order valence-electron chi connectivity index (χ2n) is 8.06. The fourth-order valence-corrected chi connectivity index (χ4v) is 5.42. The van der Waals surface area contributed by atoms with Gasteiger partial charge in [-0.25, -0.2) is 4.98 Å². The first kappa shape index (κ1) is 20.0. The third-order valence-electron chi connectivity index (χ3n) is 6.15. The Labute approximate surface area is 174 Å². The highest BCUT2D eigenvalue weighted by molar-refractivity contribution is 7.10. The maximum absolute atomic E-state index is 13.1. The van der Waals surface area contributed by atoms with E-state index in [2.05, 4.69) is 4.98 Å². The van der Waals surface area contributed by atoms with Gasteiger partial charge in [0, 0.05) is 17.5 Å². The summed E-state index contributed by atoms with van der Waals surface area (Å²) in [5.74, 6) is 0.249.